The van der Waals surface area contributed by atoms with Crippen LogP contribution in [0.15, 0.2) is 36.0 Å². The van der Waals surface area contributed by atoms with Gasteiger partial charge < -0.3 is 15.4 Å². The number of hydrogen-bond acceptors (Lipinski definition) is 4. The lowest BCUT2D eigenvalue weighted by atomic mass is 10.2. The molecule has 0 saturated carbocycles. The summed E-state index contributed by atoms with van der Waals surface area (Å²) in [5, 5.41) is 14.5. The fourth-order valence-electron chi connectivity index (χ4n) is 1.27. The van der Waals surface area contributed by atoms with E-state index in [-0.39, 0.29) is 11.6 Å². The number of ether oxygens (including phenoxy) is 1. The first-order chi connectivity index (χ1) is 9.06. The Balaban J connectivity index is 2.71. The summed E-state index contributed by atoms with van der Waals surface area (Å²) in [5.74, 6) is 0.260. The van der Waals surface area contributed by atoms with Crippen LogP contribution in [0.3, 0.4) is 0 Å². The molecule has 2 N–H and O–H groups in total. The Labute approximate surface area is 112 Å². The lowest BCUT2D eigenvalue weighted by molar-refractivity contribution is -0.112. The van der Waals surface area contributed by atoms with Crippen molar-refractivity contribution in [3.05, 3.63) is 36.0 Å². The first kappa shape index (κ1) is 14.6. The van der Waals surface area contributed by atoms with E-state index in [2.05, 4.69) is 10.6 Å². The van der Waals surface area contributed by atoms with Crippen LogP contribution in [0.25, 0.3) is 0 Å². The normalized spacial score (nSPS) is 10.8. The van der Waals surface area contributed by atoms with E-state index in [0.717, 1.165) is 0 Å². The molecule has 0 unspecified atom stereocenters. The molecular formula is C14H17N3O2. The Morgan fingerprint density at radius 2 is 2.00 bits per heavy atom. The van der Waals surface area contributed by atoms with Crippen molar-refractivity contribution in [3.63, 3.8) is 0 Å². The summed E-state index contributed by atoms with van der Waals surface area (Å²) in [6, 6.07) is 8.91. The topological polar surface area (TPSA) is 74.1 Å². The van der Waals surface area contributed by atoms with Crippen molar-refractivity contribution in [1.82, 2.24) is 5.32 Å². The third-order valence-corrected chi connectivity index (χ3v) is 2.27. The van der Waals surface area contributed by atoms with Gasteiger partial charge in [0.15, 0.2) is 0 Å². The Morgan fingerprint density at radius 3 is 2.47 bits per heavy atom. The highest BCUT2D eigenvalue weighted by Gasteiger charge is 2.09. The minimum Gasteiger partial charge on any atom is -0.497 e. The van der Waals surface area contributed by atoms with Gasteiger partial charge in [0.2, 0.25) is 0 Å². The van der Waals surface area contributed by atoms with Crippen molar-refractivity contribution in [3.8, 4) is 11.8 Å². The molecule has 1 aromatic rings. The Kier molecular flexibility index (Phi) is 5.42. The Hall–Kier alpha value is -2.48. The van der Waals surface area contributed by atoms with Crippen molar-refractivity contribution in [2.24, 2.45) is 0 Å². The second-order valence-electron chi connectivity index (χ2n) is 4.17. The molecule has 0 radical (unpaired) electrons. The minimum absolute atomic E-state index is 0.0320. The number of hydrogen-bond donors (Lipinski definition) is 2. The standard InChI is InChI=1S/C14H17N3O2/c1-10(2)16-9-11(8-15)14(18)17-12-4-6-13(19-3)7-5-12/h4-7,9-10,16H,1-3H3,(H,17,18)/b11-9-. The Morgan fingerprint density at radius 1 is 1.37 bits per heavy atom. The predicted molar refractivity (Wildman–Crippen MR) is 73.6 cm³/mol. The van der Waals surface area contributed by atoms with E-state index < -0.39 is 5.91 Å². The molecule has 0 fully saturated rings. The Bertz CT molecular complexity index is 498. The number of anilines is 1. The molecule has 0 aliphatic rings. The summed E-state index contributed by atoms with van der Waals surface area (Å²) in [6.45, 7) is 3.85. The van der Waals surface area contributed by atoms with Crippen LogP contribution in [-0.4, -0.2) is 19.1 Å². The van der Waals surface area contributed by atoms with Crippen LogP contribution in [-0.2, 0) is 4.79 Å². The van der Waals surface area contributed by atoms with Gasteiger partial charge in [0, 0.05) is 17.9 Å². The fourth-order valence-corrected chi connectivity index (χ4v) is 1.27. The van der Waals surface area contributed by atoms with Gasteiger partial charge in [0.25, 0.3) is 5.91 Å². The monoisotopic (exact) mass is 259 g/mol. The number of methoxy groups -OCH3 is 1. The zero-order valence-electron chi connectivity index (χ0n) is 11.2. The quantitative estimate of drug-likeness (QED) is 0.627. The molecule has 0 saturated heterocycles. The number of benzene rings is 1. The summed E-state index contributed by atoms with van der Waals surface area (Å²) >= 11 is 0. The summed E-state index contributed by atoms with van der Waals surface area (Å²) < 4.78 is 5.02. The zero-order chi connectivity index (χ0) is 14.3. The largest absolute Gasteiger partial charge is 0.497 e. The zero-order valence-corrected chi connectivity index (χ0v) is 11.2. The maximum Gasteiger partial charge on any atom is 0.267 e. The molecule has 1 rings (SSSR count). The van der Waals surface area contributed by atoms with Crippen LogP contribution < -0.4 is 15.4 Å². The number of rotatable bonds is 5. The van der Waals surface area contributed by atoms with E-state index in [1.807, 2.05) is 19.9 Å². The van der Waals surface area contributed by atoms with Crippen molar-refractivity contribution in [2.75, 3.05) is 12.4 Å². The third kappa shape index (κ3) is 4.72. The smallest absolute Gasteiger partial charge is 0.267 e. The number of carbonyl (C=O) groups excluding carboxylic acids is 1. The SMILES string of the molecule is COc1ccc(NC(=O)/C(C#N)=C\NC(C)C)cc1. The highest BCUT2D eigenvalue weighted by molar-refractivity contribution is 6.06. The van der Waals surface area contributed by atoms with E-state index in [4.69, 9.17) is 10.00 Å². The van der Waals surface area contributed by atoms with E-state index in [1.54, 1.807) is 31.4 Å². The van der Waals surface area contributed by atoms with Crippen LogP contribution in [0.5, 0.6) is 5.75 Å². The fraction of sp³-hybridized carbons (Fsp3) is 0.286. The van der Waals surface area contributed by atoms with Gasteiger partial charge in [-0.05, 0) is 38.1 Å². The highest BCUT2D eigenvalue weighted by atomic mass is 16.5. The van der Waals surface area contributed by atoms with Crippen LogP contribution in [0.2, 0.25) is 0 Å². The number of nitriles is 1. The van der Waals surface area contributed by atoms with Gasteiger partial charge in [-0.25, -0.2) is 0 Å². The summed E-state index contributed by atoms with van der Waals surface area (Å²) in [7, 11) is 1.57. The van der Waals surface area contributed by atoms with Gasteiger partial charge in [-0.1, -0.05) is 0 Å². The molecule has 5 nitrogen and oxygen atoms in total. The number of nitrogens with zero attached hydrogens (tertiary/aromatic N) is 1. The van der Waals surface area contributed by atoms with Crippen molar-refractivity contribution < 1.29 is 9.53 Å². The highest BCUT2D eigenvalue weighted by Crippen LogP contribution is 2.15. The molecule has 0 aliphatic carbocycles. The van der Waals surface area contributed by atoms with Crippen LogP contribution in [0, 0.1) is 11.3 Å². The lowest BCUT2D eigenvalue weighted by Crippen LogP contribution is -2.20. The van der Waals surface area contributed by atoms with E-state index in [0.29, 0.717) is 11.4 Å². The second kappa shape index (κ2) is 7.07. The number of amides is 1. The lowest BCUT2D eigenvalue weighted by Gasteiger charge is -2.07. The summed E-state index contributed by atoms with van der Waals surface area (Å²) in [5.41, 5.74) is 0.640. The molecule has 19 heavy (non-hydrogen) atoms. The van der Waals surface area contributed by atoms with E-state index in [9.17, 15) is 4.79 Å². The van der Waals surface area contributed by atoms with Gasteiger partial charge in [0.1, 0.15) is 17.4 Å². The second-order valence-corrected chi connectivity index (χ2v) is 4.17. The van der Waals surface area contributed by atoms with Gasteiger partial charge in [0.05, 0.1) is 7.11 Å². The summed E-state index contributed by atoms with van der Waals surface area (Å²) in [4.78, 5) is 11.8. The predicted octanol–water partition coefficient (Wildman–Crippen LogP) is 2.04. The summed E-state index contributed by atoms with van der Waals surface area (Å²) in [6.07, 6.45) is 1.42. The van der Waals surface area contributed by atoms with Gasteiger partial charge in [-0.15, -0.1) is 0 Å². The first-order valence-electron chi connectivity index (χ1n) is 5.88. The molecule has 0 heterocycles. The molecule has 5 heteroatoms. The van der Waals surface area contributed by atoms with Gasteiger partial charge in [-0.2, -0.15) is 5.26 Å². The molecule has 0 aromatic heterocycles. The third-order valence-electron chi connectivity index (χ3n) is 2.27. The van der Waals surface area contributed by atoms with Crippen molar-refractivity contribution in [1.29, 1.82) is 5.26 Å². The first-order valence-corrected chi connectivity index (χ1v) is 5.88. The van der Waals surface area contributed by atoms with Crippen molar-refractivity contribution >= 4 is 11.6 Å². The minimum atomic E-state index is -0.444. The molecule has 100 valence electrons. The number of nitrogens with one attached hydrogen (secondary N) is 2. The molecule has 0 bridgehead atoms. The molecule has 0 aliphatic heterocycles. The molecular weight excluding hydrogens is 242 g/mol. The van der Waals surface area contributed by atoms with Crippen LogP contribution in [0.1, 0.15) is 13.8 Å². The van der Waals surface area contributed by atoms with Gasteiger partial charge >= 0.3 is 0 Å². The molecule has 0 atom stereocenters. The van der Waals surface area contributed by atoms with Crippen LogP contribution in [0.4, 0.5) is 5.69 Å². The number of carbonyl (C=O) groups is 1. The average Bonchev–Trinajstić information content (AvgIpc) is 2.40. The van der Waals surface area contributed by atoms with Crippen LogP contribution >= 0.6 is 0 Å². The van der Waals surface area contributed by atoms with Crippen molar-refractivity contribution in [2.45, 2.75) is 19.9 Å². The maximum absolute atomic E-state index is 11.8. The van der Waals surface area contributed by atoms with E-state index >= 15 is 0 Å². The molecule has 1 amide bonds. The van der Waals surface area contributed by atoms with Gasteiger partial charge in [-0.3, -0.25) is 4.79 Å². The molecule has 1 aromatic carbocycles. The van der Waals surface area contributed by atoms with E-state index in [1.165, 1.54) is 6.20 Å². The molecule has 0 spiro atoms. The average molecular weight is 259 g/mol. The maximum atomic E-state index is 11.8.